The number of hydrogen-bond acceptors (Lipinski definition) is 5. The van der Waals surface area contributed by atoms with Crippen LogP contribution in [0.15, 0.2) is 30.6 Å². The minimum atomic E-state index is -4.43. The van der Waals surface area contributed by atoms with Crippen LogP contribution in [0.3, 0.4) is 0 Å². The molecular formula is C20H22F3N5O. The first kappa shape index (κ1) is 19.6. The topological polar surface area (TPSA) is 56.1 Å². The van der Waals surface area contributed by atoms with Crippen molar-refractivity contribution in [3.05, 3.63) is 47.7 Å². The van der Waals surface area contributed by atoms with Gasteiger partial charge in [0.15, 0.2) is 5.65 Å². The maximum atomic E-state index is 12.9. The van der Waals surface area contributed by atoms with Crippen molar-refractivity contribution in [3.8, 4) is 5.75 Å². The van der Waals surface area contributed by atoms with Gasteiger partial charge in [-0.25, -0.2) is 9.97 Å². The van der Waals surface area contributed by atoms with E-state index in [-0.39, 0.29) is 11.7 Å². The highest BCUT2D eigenvalue weighted by molar-refractivity contribution is 5.71. The third-order valence-corrected chi connectivity index (χ3v) is 5.52. The van der Waals surface area contributed by atoms with E-state index >= 15 is 0 Å². The molecule has 29 heavy (non-hydrogen) atoms. The number of methoxy groups -OCH3 is 1. The molecule has 0 N–H and O–H groups in total. The Balaban J connectivity index is 1.45. The second-order valence-corrected chi connectivity index (χ2v) is 7.29. The van der Waals surface area contributed by atoms with Gasteiger partial charge in [-0.1, -0.05) is 0 Å². The van der Waals surface area contributed by atoms with Crippen molar-refractivity contribution in [2.45, 2.75) is 31.5 Å². The minimum Gasteiger partial charge on any atom is -0.495 e. The Kier molecular flexibility index (Phi) is 5.16. The molecule has 154 valence electrons. The summed E-state index contributed by atoms with van der Waals surface area (Å²) in [5, 5.41) is 0. The number of piperidine rings is 1. The SMILES string of the molecule is Cn1c(CN2CCC(c3ncc(C(F)(F)F)cc3O[11CH3])CC2)nc2ncccc21. The molecule has 1 fully saturated rings. The molecule has 0 radical (unpaired) electrons. The van der Waals surface area contributed by atoms with Crippen molar-refractivity contribution in [3.63, 3.8) is 0 Å². The van der Waals surface area contributed by atoms with Crippen LogP contribution in [0.2, 0.25) is 0 Å². The number of halogens is 3. The van der Waals surface area contributed by atoms with Crippen LogP contribution in [-0.4, -0.2) is 44.6 Å². The first-order valence-electron chi connectivity index (χ1n) is 9.46. The average Bonchev–Trinajstić information content (AvgIpc) is 3.03. The van der Waals surface area contributed by atoms with Gasteiger partial charge in [0, 0.05) is 25.4 Å². The molecule has 0 amide bonds. The van der Waals surface area contributed by atoms with Crippen LogP contribution in [0.5, 0.6) is 5.75 Å². The number of nitrogens with zero attached hydrogens (tertiary/aromatic N) is 5. The van der Waals surface area contributed by atoms with E-state index in [0.29, 0.717) is 12.2 Å². The van der Waals surface area contributed by atoms with E-state index in [1.54, 1.807) is 6.20 Å². The molecule has 0 aliphatic carbocycles. The lowest BCUT2D eigenvalue weighted by Crippen LogP contribution is -2.33. The van der Waals surface area contributed by atoms with E-state index in [1.165, 1.54) is 7.11 Å². The molecule has 6 nitrogen and oxygen atoms in total. The van der Waals surface area contributed by atoms with Crippen LogP contribution >= 0.6 is 0 Å². The van der Waals surface area contributed by atoms with Crippen LogP contribution in [0.1, 0.15) is 35.8 Å². The summed E-state index contributed by atoms with van der Waals surface area (Å²) in [5.41, 5.74) is 1.55. The van der Waals surface area contributed by atoms with E-state index in [4.69, 9.17) is 4.74 Å². The van der Waals surface area contributed by atoms with E-state index in [9.17, 15) is 13.2 Å². The summed E-state index contributed by atoms with van der Waals surface area (Å²) in [6.07, 6.45) is -0.192. The second kappa shape index (κ2) is 7.62. The van der Waals surface area contributed by atoms with Crippen molar-refractivity contribution >= 4 is 11.2 Å². The lowest BCUT2D eigenvalue weighted by Gasteiger charge is -2.32. The Morgan fingerprint density at radius 3 is 2.62 bits per heavy atom. The summed E-state index contributed by atoms with van der Waals surface area (Å²) in [6, 6.07) is 4.93. The maximum absolute atomic E-state index is 12.9. The number of ether oxygens (including phenoxy) is 1. The zero-order valence-electron chi connectivity index (χ0n) is 16.3. The van der Waals surface area contributed by atoms with Gasteiger partial charge in [0.25, 0.3) is 0 Å². The summed E-state index contributed by atoms with van der Waals surface area (Å²) in [6.45, 7) is 2.33. The molecule has 9 heteroatoms. The number of imidazole rings is 1. The molecule has 0 unspecified atom stereocenters. The Labute approximate surface area is 166 Å². The highest BCUT2D eigenvalue weighted by Crippen LogP contribution is 2.37. The smallest absolute Gasteiger partial charge is 0.418 e. The van der Waals surface area contributed by atoms with Gasteiger partial charge in [-0.05, 0) is 44.1 Å². The Morgan fingerprint density at radius 2 is 1.97 bits per heavy atom. The predicted octanol–water partition coefficient (Wildman–Crippen LogP) is 3.77. The van der Waals surface area contributed by atoms with Gasteiger partial charge < -0.3 is 9.30 Å². The Morgan fingerprint density at radius 1 is 1.21 bits per heavy atom. The highest BCUT2D eigenvalue weighted by Gasteiger charge is 2.33. The van der Waals surface area contributed by atoms with E-state index in [1.807, 2.05) is 19.2 Å². The minimum absolute atomic E-state index is 0.0746. The number of aromatic nitrogens is 4. The molecule has 4 rings (SSSR count). The van der Waals surface area contributed by atoms with E-state index < -0.39 is 11.7 Å². The van der Waals surface area contributed by atoms with Crippen molar-refractivity contribution in [2.75, 3.05) is 20.2 Å². The van der Waals surface area contributed by atoms with E-state index in [0.717, 1.165) is 55.2 Å². The predicted molar refractivity (Wildman–Crippen MR) is 102 cm³/mol. The van der Waals surface area contributed by atoms with Crippen molar-refractivity contribution in [1.29, 1.82) is 0 Å². The number of hydrogen-bond donors (Lipinski definition) is 0. The lowest BCUT2D eigenvalue weighted by atomic mass is 9.92. The standard InChI is InChI=1S/C20H22F3N5O/c1-27-15-4-3-7-24-19(15)26-17(27)12-28-8-5-13(6-9-28)18-16(29-2)10-14(11-25-18)20(21,22)23/h3-4,7,10-11,13H,5-6,8-9,12H2,1-2H3/i2-1. The molecule has 3 aromatic heterocycles. The molecule has 0 aromatic carbocycles. The fraction of sp³-hybridized carbons (Fsp3) is 0.450. The molecule has 0 atom stereocenters. The normalized spacial score (nSPS) is 16.4. The van der Waals surface area contributed by atoms with Gasteiger partial charge in [-0.3, -0.25) is 9.88 Å². The number of pyridine rings is 2. The van der Waals surface area contributed by atoms with Crippen molar-refractivity contribution in [2.24, 2.45) is 7.05 Å². The summed E-state index contributed by atoms with van der Waals surface area (Å²) in [4.78, 5) is 15.3. The number of likely N-dealkylation sites (tertiary alicyclic amines) is 1. The summed E-state index contributed by atoms with van der Waals surface area (Å²) in [7, 11) is 3.37. The summed E-state index contributed by atoms with van der Waals surface area (Å²) < 4.78 is 46.1. The maximum Gasteiger partial charge on any atom is 0.418 e. The molecule has 3 aromatic rings. The number of alkyl halides is 3. The number of aryl methyl sites for hydroxylation is 1. The molecule has 0 saturated carbocycles. The van der Waals surface area contributed by atoms with Crippen LogP contribution in [0.25, 0.3) is 11.2 Å². The molecule has 1 aliphatic rings. The zero-order chi connectivity index (χ0) is 20.6. The van der Waals surface area contributed by atoms with Crippen LogP contribution in [0.4, 0.5) is 13.2 Å². The van der Waals surface area contributed by atoms with Gasteiger partial charge in [0.2, 0.25) is 0 Å². The van der Waals surface area contributed by atoms with Crippen LogP contribution < -0.4 is 4.74 Å². The summed E-state index contributed by atoms with van der Waals surface area (Å²) >= 11 is 0. The highest BCUT2D eigenvalue weighted by atomic mass is 19.4. The molecule has 1 aliphatic heterocycles. The third kappa shape index (κ3) is 3.91. The third-order valence-electron chi connectivity index (χ3n) is 5.52. The first-order chi connectivity index (χ1) is 13.9. The largest absolute Gasteiger partial charge is 0.495 e. The first-order valence-corrected chi connectivity index (χ1v) is 9.46. The monoisotopic (exact) mass is 404 g/mol. The van der Waals surface area contributed by atoms with Crippen LogP contribution in [0, 0.1) is 0 Å². The van der Waals surface area contributed by atoms with Gasteiger partial charge >= 0.3 is 6.18 Å². The zero-order valence-corrected chi connectivity index (χ0v) is 16.3. The van der Waals surface area contributed by atoms with Gasteiger partial charge in [-0.15, -0.1) is 0 Å². The van der Waals surface area contributed by atoms with Gasteiger partial charge in [0.05, 0.1) is 30.4 Å². The fourth-order valence-corrected chi connectivity index (χ4v) is 3.86. The lowest BCUT2D eigenvalue weighted by molar-refractivity contribution is -0.138. The molecule has 1 saturated heterocycles. The van der Waals surface area contributed by atoms with Crippen LogP contribution in [-0.2, 0) is 19.8 Å². The second-order valence-electron chi connectivity index (χ2n) is 7.29. The average molecular weight is 404 g/mol. The van der Waals surface area contributed by atoms with Gasteiger partial charge in [-0.2, -0.15) is 13.2 Å². The van der Waals surface area contributed by atoms with Crippen molar-refractivity contribution in [1.82, 2.24) is 24.4 Å². The Hall–Kier alpha value is -2.68. The number of fused-ring (bicyclic) bond motifs is 1. The van der Waals surface area contributed by atoms with E-state index in [2.05, 4.69) is 24.4 Å². The fourth-order valence-electron chi connectivity index (χ4n) is 3.86. The molecule has 0 spiro atoms. The number of rotatable bonds is 4. The summed E-state index contributed by atoms with van der Waals surface area (Å²) in [5.74, 6) is 1.23. The van der Waals surface area contributed by atoms with Crippen molar-refractivity contribution < 1.29 is 17.9 Å². The molecule has 0 bridgehead atoms. The van der Waals surface area contributed by atoms with Gasteiger partial charge in [0.1, 0.15) is 11.6 Å². The molecular weight excluding hydrogens is 382 g/mol. The Bertz CT molecular complexity index is 1010. The molecule has 4 heterocycles. The quantitative estimate of drug-likeness (QED) is 0.663.